The number of methoxy groups -OCH3 is 1. The lowest BCUT2D eigenvalue weighted by atomic mass is 9.53. The van der Waals surface area contributed by atoms with Crippen LogP contribution in [-0.4, -0.2) is 49.6 Å². The Kier molecular flexibility index (Phi) is 4.60. The highest BCUT2D eigenvalue weighted by Crippen LogP contribution is 2.60. The van der Waals surface area contributed by atoms with E-state index in [2.05, 4.69) is 9.88 Å². The second-order valence-corrected chi connectivity index (χ2v) is 11.7. The predicted molar refractivity (Wildman–Crippen MR) is 138 cm³/mol. The van der Waals surface area contributed by atoms with E-state index in [1.165, 1.54) is 12.5 Å². The summed E-state index contributed by atoms with van der Waals surface area (Å²) in [6.07, 6.45) is 2.01. The number of fused-ring (bicyclic) bond motifs is 2. The second kappa shape index (κ2) is 7.77. The number of hydrogen-bond acceptors (Lipinski definition) is 4. The summed E-state index contributed by atoms with van der Waals surface area (Å²) in [5, 5.41) is 0.808. The first-order valence-corrected chi connectivity index (χ1v) is 13.6. The number of carbonyl (C=O) groups is 1. The van der Waals surface area contributed by atoms with Crippen LogP contribution in [0.1, 0.15) is 48.2 Å². The van der Waals surface area contributed by atoms with Gasteiger partial charge in [0.15, 0.2) is 5.82 Å². The molecule has 1 aliphatic heterocycles. The Labute approximate surface area is 218 Å². The molecule has 4 fully saturated rings. The van der Waals surface area contributed by atoms with Gasteiger partial charge >= 0.3 is 0 Å². The van der Waals surface area contributed by atoms with Crippen molar-refractivity contribution >= 4 is 28.0 Å². The summed E-state index contributed by atoms with van der Waals surface area (Å²) in [6, 6.07) is 9.18. The van der Waals surface area contributed by atoms with Crippen LogP contribution in [0, 0.1) is 23.7 Å². The highest BCUT2D eigenvalue weighted by Gasteiger charge is 2.61. The number of alkyl halides is 2. The van der Waals surface area contributed by atoms with Crippen LogP contribution < -0.4 is 4.74 Å². The minimum atomic E-state index is -2.63. The second-order valence-electron chi connectivity index (χ2n) is 11.7. The van der Waals surface area contributed by atoms with Crippen LogP contribution >= 0.6 is 0 Å². The number of ether oxygens (including phenoxy) is 1. The normalized spacial score (nSPS) is 25.7. The Bertz CT molecular complexity index is 1640. The largest absolute Gasteiger partial charge is 0.494 e. The first kappa shape index (κ1) is 22.5. The quantitative estimate of drug-likeness (QED) is 0.342. The fourth-order valence-corrected chi connectivity index (χ4v) is 7.37. The van der Waals surface area contributed by atoms with Crippen LogP contribution in [0.3, 0.4) is 0 Å². The molecule has 0 spiro atoms. The number of rotatable bonds is 6. The minimum absolute atomic E-state index is 0.0572. The number of amides is 1. The van der Waals surface area contributed by atoms with Crippen molar-refractivity contribution < 1.29 is 18.3 Å². The topological polar surface area (TPSA) is 65.2 Å². The zero-order chi connectivity index (χ0) is 25.9. The number of likely N-dealkylation sites (tertiary alicyclic amines) is 1. The fourth-order valence-electron chi connectivity index (χ4n) is 7.37. The summed E-state index contributed by atoms with van der Waals surface area (Å²) in [4.78, 5) is 25.0. The van der Waals surface area contributed by atoms with Crippen molar-refractivity contribution in [3.05, 3.63) is 41.6 Å². The van der Waals surface area contributed by atoms with Gasteiger partial charge in [0.25, 0.3) is 12.3 Å². The van der Waals surface area contributed by atoms with Gasteiger partial charge in [-0.15, -0.1) is 0 Å². The van der Waals surface area contributed by atoms with Gasteiger partial charge in [-0.2, -0.15) is 0 Å². The van der Waals surface area contributed by atoms with Crippen molar-refractivity contribution in [2.45, 2.75) is 44.7 Å². The maximum Gasteiger partial charge on any atom is 0.280 e. The smallest absolute Gasteiger partial charge is 0.280 e. The van der Waals surface area contributed by atoms with E-state index in [1.54, 1.807) is 13.2 Å². The zero-order valence-corrected chi connectivity index (χ0v) is 21.4. The lowest BCUT2D eigenvalue weighted by Gasteiger charge is -2.52. The number of hydrogen-bond donors (Lipinski definition) is 0. The van der Waals surface area contributed by atoms with E-state index in [-0.39, 0.29) is 11.6 Å². The van der Waals surface area contributed by atoms with E-state index in [0.717, 1.165) is 48.3 Å². The number of carbonyl (C=O) groups excluding carboxylic acids is 1. The van der Waals surface area contributed by atoms with E-state index in [0.29, 0.717) is 58.6 Å². The molecule has 38 heavy (non-hydrogen) atoms. The van der Waals surface area contributed by atoms with Crippen molar-refractivity contribution in [1.29, 1.82) is 0 Å². The highest BCUT2D eigenvalue weighted by atomic mass is 19.3. The molecule has 4 aromatic rings. The number of imidazole rings is 1. The Balaban J connectivity index is 1.24. The number of benzene rings is 1. The van der Waals surface area contributed by atoms with Crippen LogP contribution in [0.5, 0.6) is 5.75 Å². The molecule has 1 amide bonds. The molecule has 4 aliphatic rings. The van der Waals surface area contributed by atoms with Gasteiger partial charge in [-0.05, 0) is 79.7 Å². The molecule has 196 valence electrons. The Hall–Kier alpha value is -3.49. The van der Waals surface area contributed by atoms with Gasteiger partial charge in [0.2, 0.25) is 0 Å². The third kappa shape index (κ3) is 3.07. The zero-order valence-electron chi connectivity index (χ0n) is 21.4. The van der Waals surface area contributed by atoms with Crippen LogP contribution in [0.4, 0.5) is 8.78 Å². The number of pyridine rings is 1. The lowest BCUT2D eigenvalue weighted by molar-refractivity contribution is -0.0204. The molecule has 0 bridgehead atoms. The average Bonchev–Trinajstić information content (AvgIpc) is 3.56. The lowest BCUT2D eigenvalue weighted by Crippen LogP contribution is -2.53. The van der Waals surface area contributed by atoms with Gasteiger partial charge in [0, 0.05) is 37.1 Å². The fraction of sp³-hybridized carbons (Fsp3) is 0.483. The summed E-state index contributed by atoms with van der Waals surface area (Å²) in [6.45, 7) is 1.57. The molecule has 0 radical (unpaired) electrons. The number of aromatic nitrogens is 4. The third-order valence-electron chi connectivity index (χ3n) is 9.53. The van der Waals surface area contributed by atoms with Gasteiger partial charge in [-0.25, -0.2) is 18.7 Å². The molecule has 4 heterocycles. The molecular weight excluding hydrogens is 488 g/mol. The van der Waals surface area contributed by atoms with Gasteiger partial charge in [-0.3, -0.25) is 4.79 Å². The number of aryl methyl sites for hydroxylation is 1. The summed E-state index contributed by atoms with van der Waals surface area (Å²) >= 11 is 0. The Morgan fingerprint density at radius 3 is 2.68 bits per heavy atom. The average molecular weight is 518 g/mol. The summed E-state index contributed by atoms with van der Waals surface area (Å²) < 4.78 is 36.7. The van der Waals surface area contributed by atoms with E-state index in [4.69, 9.17) is 9.72 Å². The molecule has 3 aromatic heterocycles. The van der Waals surface area contributed by atoms with Gasteiger partial charge in [0.1, 0.15) is 22.6 Å². The third-order valence-corrected chi connectivity index (χ3v) is 9.53. The minimum Gasteiger partial charge on any atom is -0.494 e. The molecule has 9 heteroatoms. The van der Waals surface area contributed by atoms with Crippen molar-refractivity contribution in [1.82, 2.24) is 24.0 Å². The van der Waals surface area contributed by atoms with Crippen LogP contribution in [0.15, 0.2) is 30.3 Å². The summed E-state index contributed by atoms with van der Waals surface area (Å²) in [7, 11) is 3.54. The molecule has 3 saturated carbocycles. The molecule has 4 atom stereocenters. The molecule has 1 aromatic carbocycles. The van der Waals surface area contributed by atoms with Crippen molar-refractivity contribution in [3.8, 4) is 17.3 Å². The highest BCUT2D eigenvalue weighted by molar-refractivity contribution is 6.00. The van der Waals surface area contributed by atoms with Crippen molar-refractivity contribution in [2.75, 3.05) is 13.7 Å². The van der Waals surface area contributed by atoms with Crippen LogP contribution in [0.2, 0.25) is 0 Å². The van der Waals surface area contributed by atoms with E-state index < -0.39 is 6.43 Å². The number of halogens is 2. The van der Waals surface area contributed by atoms with Crippen LogP contribution in [-0.2, 0) is 13.6 Å². The Morgan fingerprint density at radius 1 is 1.13 bits per heavy atom. The van der Waals surface area contributed by atoms with E-state index in [1.807, 2.05) is 34.4 Å². The van der Waals surface area contributed by atoms with Gasteiger partial charge in [0.05, 0.1) is 18.3 Å². The van der Waals surface area contributed by atoms with Gasteiger partial charge < -0.3 is 18.8 Å². The molecule has 1 saturated heterocycles. The van der Waals surface area contributed by atoms with Crippen molar-refractivity contribution in [3.63, 3.8) is 0 Å². The monoisotopic (exact) mass is 517 g/mol. The van der Waals surface area contributed by atoms with Gasteiger partial charge in [-0.1, -0.05) is 0 Å². The maximum absolute atomic E-state index is 13.6. The molecule has 8 rings (SSSR count). The number of nitrogens with zero attached hydrogens (tertiary/aromatic N) is 5. The summed E-state index contributed by atoms with van der Waals surface area (Å²) in [5.74, 6) is 4.07. The molecular formula is C29H29F2N5O2. The Morgan fingerprint density at radius 2 is 1.97 bits per heavy atom. The first-order valence-electron chi connectivity index (χ1n) is 13.6. The predicted octanol–water partition coefficient (Wildman–Crippen LogP) is 5.43. The van der Waals surface area contributed by atoms with Crippen LogP contribution in [0.25, 0.3) is 33.6 Å². The van der Waals surface area contributed by atoms with Crippen molar-refractivity contribution in [2.24, 2.45) is 30.7 Å². The SMILES string of the molecule is COc1cc(C(=O)N2C[C@H]3CC4C[C@@H]2[C@H]43)cc2nc(-c3cc4ccc(C(F)F)nc4n3CC3CC3)n(C)c12. The standard InChI is InChI=1S/C29H29F2N5O2/c1-34-25-20(8-17(11-23(25)38-2)29(37)36-13-18-7-16-10-21(36)24(16)18)33-28(34)22-9-15-5-6-19(26(30)31)32-27(15)35(22)12-14-3-4-14/h5-6,8-9,11,14,16,18,21,24,26H,3-4,7,10,12-13H2,1-2H3/t16?,18-,21-,24-/m1/s1. The molecule has 7 nitrogen and oxygen atoms in total. The molecule has 3 aliphatic carbocycles. The van der Waals surface area contributed by atoms with E-state index in [9.17, 15) is 13.6 Å². The van der Waals surface area contributed by atoms with E-state index >= 15 is 0 Å². The first-order chi connectivity index (χ1) is 18.4. The maximum atomic E-state index is 13.6. The molecule has 0 N–H and O–H groups in total. The molecule has 1 unspecified atom stereocenters. The summed E-state index contributed by atoms with van der Waals surface area (Å²) in [5.41, 5.74) is 3.25.